The molecule has 1 aliphatic carbocycles. The lowest BCUT2D eigenvalue weighted by Gasteiger charge is -2.38. The van der Waals surface area contributed by atoms with Crippen LogP contribution in [0.25, 0.3) is 11.3 Å². The molecule has 25 heavy (non-hydrogen) atoms. The van der Waals surface area contributed by atoms with E-state index in [-0.39, 0.29) is 17.7 Å². The van der Waals surface area contributed by atoms with E-state index in [4.69, 9.17) is 4.74 Å². The Morgan fingerprint density at radius 2 is 2.24 bits per heavy atom. The molecule has 1 saturated heterocycles. The minimum atomic E-state index is -0.188. The predicted molar refractivity (Wildman–Crippen MR) is 97.7 cm³/mol. The number of urea groups is 1. The predicted octanol–water partition coefficient (Wildman–Crippen LogP) is 3.82. The number of hydrogen-bond donors (Lipinski definition) is 2. The van der Waals surface area contributed by atoms with E-state index >= 15 is 0 Å². The average molecular weight is 358 g/mol. The van der Waals surface area contributed by atoms with Crippen molar-refractivity contribution in [2.24, 2.45) is 0 Å². The average Bonchev–Trinajstić information content (AvgIpc) is 3.26. The zero-order valence-electron chi connectivity index (χ0n) is 14.0. The van der Waals surface area contributed by atoms with E-state index in [0.29, 0.717) is 5.13 Å². The highest BCUT2D eigenvalue weighted by Crippen LogP contribution is 2.40. The van der Waals surface area contributed by atoms with Crippen LogP contribution in [0.4, 0.5) is 9.93 Å². The van der Waals surface area contributed by atoms with Crippen molar-refractivity contribution in [1.29, 1.82) is 0 Å². The van der Waals surface area contributed by atoms with E-state index < -0.39 is 0 Å². The van der Waals surface area contributed by atoms with Crippen LogP contribution in [0.1, 0.15) is 38.5 Å². The minimum Gasteiger partial charge on any atom is -0.375 e. The molecule has 2 aromatic rings. The van der Waals surface area contributed by atoms with Gasteiger partial charge in [-0.25, -0.2) is 9.78 Å². The first kappa shape index (κ1) is 16.5. The van der Waals surface area contributed by atoms with E-state index in [1.54, 1.807) is 12.4 Å². The largest absolute Gasteiger partial charge is 0.375 e. The number of anilines is 1. The van der Waals surface area contributed by atoms with E-state index in [0.717, 1.165) is 43.5 Å². The van der Waals surface area contributed by atoms with Gasteiger partial charge < -0.3 is 10.1 Å². The standard InChI is InChI=1S/C18H22N4O2S/c23-16(20-14-5-9-24-18(10-14)6-1-2-7-18)22-17-21-15(12-25-17)13-4-3-8-19-11-13/h3-4,8,11-12,14H,1-2,5-7,9-10H2,(H2,20,21,22,23). The Hall–Kier alpha value is -1.99. The first-order valence-electron chi connectivity index (χ1n) is 8.80. The number of rotatable bonds is 3. The Kier molecular flexibility index (Phi) is 4.67. The molecule has 3 heterocycles. The van der Waals surface area contributed by atoms with Gasteiger partial charge in [0.05, 0.1) is 11.3 Å². The maximum atomic E-state index is 12.3. The molecule has 132 valence electrons. The topological polar surface area (TPSA) is 76.1 Å². The number of carbonyl (C=O) groups is 1. The van der Waals surface area contributed by atoms with Crippen LogP contribution in [0.5, 0.6) is 0 Å². The molecule has 1 unspecified atom stereocenters. The summed E-state index contributed by atoms with van der Waals surface area (Å²) in [6, 6.07) is 3.81. The molecular weight excluding hydrogens is 336 g/mol. The summed E-state index contributed by atoms with van der Waals surface area (Å²) >= 11 is 1.42. The van der Waals surface area contributed by atoms with Crippen LogP contribution in [0.15, 0.2) is 29.9 Å². The van der Waals surface area contributed by atoms with Crippen LogP contribution in [0.3, 0.4) is 0 Å². The summed E-state index contributed by atoms with van der Waals surface area (Å²) in [5, 5.41) is 8.47. The Morgan fingerprint density at radius 1 is 1.36 bits per heavy atom. The van der Waals surface area contributed by atoms with Gasteiger partial charge in [0.2, 0.25) is 0 Å². The van der Waals surface area contributed by atoms with Crippen LogP contribution < -0.4 is 10.6 Å². The molecule has 0 aromatic carbocycles. The van der Waals surface area contributed by atoms with Gasteiger partial charge >= 0.3 is 6.03 Å². The van der Waals surface area contributed by atoms with Crippen molar-refractivity contribution in [2.45, 2.75) is 50.2 Å². The van der Waals surface area contributed by atoms with Crippen molar-refractivity contribution in [1.82, 2.24) is 15.3 Å². The van der Waals surface area contributed by atoms with Gasteiger partial charge in [0.15, 0.2) is 5.13 Å². The molecule has 0 bridgehead atoms. The lowest BCUT2D eigenvalue weighted by atomic mass is 9.89. The van der Waals surface area contributed by atoms with E-state index in [2.05, 4.69) is 20.6 Å². The van der Waals surface area contributed by atoms with Crippen LogP contribution in [0, 0.1) is 0 Å². The van der Waals surface area contributed by atoms with Crippen molar-refractivity contribution >= 4 is 22.5 Å². The lowest BCUT2D eigenvalue weighted by Crippen LogP contribution is -2.48. The van der Waals surface area contributed by atoms with Crippen molar-refractivity contribution in [2.75, 3.05) is 11.9 Å². The number of nitrogens with zero attached hydrogens (tertiary/aromatic N) is 2. The van der Waals surface area contributed by atoms with Crippen molar-refractivity contribution < 1.29 is 9.53 Å². The number of amides is 2. The molecule has 2 amide bonds. The fourth-order valence-corrected chi connectivity index (χ4v) is 4.53. The maximum Gasteiger partial charge on any atom is 0.321 e. The monoisotopic (exact) mass is 358 g/mol. The summed E-state index contributed by atoms with van der Waals surface area (Å²) in [6.07, 6.45) is 9.98. The van der Waals surface area contributed by atoms with E-state index in [1.807, 2.05) is 17.5 Å². The highest BCUT2D eigenvalue weighted by molar-refractivity contribution is 7.14. The fourth-order valence-electron chi connectivity index (χ4n) is 3.82. The molecule has 1 aliphatic heterocycles. The number of aromatic nitrogens is 2. The van der Waals surface area contributed by atoms with Crippen molar-refractivity contribution in [3.63, 3.8) is 0 Å². The van der Waals surface area contributed by atoms with Gasteiger partial charge in [0, 0.05) is 36.0 Å². The Balaban J connectivity index is 1.34. The second-order valence-electron chi connectivity index (χ2n) is 6.81. The van der Waals surface area contributed by atoms with Crippen molar-refractivity contribution in [3.05, 3.63) is 29.9 Å². The number of pyridine rings is 1. The molecule has 4 rings (SSSR count). The third-order valence-electron chi connectivity index (χ3n) is 5.02. The Bertz CT molecular complexity index is 728. The second kappa shape index (κ2) is 7.09. The fraction of sp³-hybridized carbons (Fsp3) is 0.500. The summed E-state index contributed by atoms with van der Waals surface area (Å²) in [4.78, 5) is 20.9. The molecule has 6 nitrogen and oxygen atoms in total. The van der Waals surface area contributed by atoms with E-state index in [9.17, 15) is 4.79 Å². The van der Waals surface area contributed by atoms with Crippen LogP contribution in [-0.4, -0.2) is 34.2 Å². The molecular formula is C18H22N4O2S. The number of nitrogens with one attached hydrogen (secondary N) is 2. The lowest BCUT2D eigenvalue weighted by molar-refractivity contribution is -0.0818. The molecule has 1 saturated carbocycles. The summed E-state index contributed by atoms with van der Waals surface area (Å²) in [6.45, 7) is 0.730. The van der Waals surface area contributed by atoms with Gasteiger partial charge in [-0.05, 0) is 37.8 Å². The Morgan fingerprint density at radius 3 is 3.04 bits per heavy atom. The third kappa shape index (κ3) is 3.82. The van der Waals surface area contributed by atoms with Gasteiger partial charge in [-0.15, -0.1) is 11.3 Å². The molecule has 2 N–H and O–H groups in total. The van der Waals surface area contributed by atoms with Crippen LogP contribution in [0.2, 0.25) is 0 Å². The van der Waals surface area contributed by atoms with Crippen LogP contribution in [-0.2, 0) is 4.74 Å². The highest BCUT2D eigenvalue weighted by atomic mass is 32.1. The van der Waals surface area contributed by atoms with E-state index in [1.165, 1.54) is 24.2 Å². The highest BCUT2D eigenvalue weighted by Gasteiger charge is 2.40. The minimum absolute atomic E-state index is 0.00482. The van der Waals surface area contributed by atoms with Gasteiger partial charge in [0.1, 0.15) is 0 Å². The smallest absolute Gasteiger partial charge is 0.321 e. The maximum absolute atomic E-state index is 12.3. The molecule has 2 aliphatic rings. The first-order chi connectivity index (χ1) is 12.2. The van der Waals surface area contributed by atoms with Crippen LogP contribution >= 0.6 is 11.3 Å². The molecule has 2 aromatic heterocycles. The number of carbonyl (C=O) groups excluding carboxylic acids is 1. The molecule has 1 atom stereocenters. The molecule has 0 radical (unpaired) electrons. The second-order valence-corrected chi connectivity index (χ2v) is 7.66. The zero-order valence-corrected chi connectivity index (χ0v) is 14.8. The summed E-state index contributed by atoms with van der Waals surface area (Å²) in [7, 11) is 0. The molecule has 2 fully saturated rings. The van der Waals surface area contributed by atoms with Gasteiger partial charge in [-0.2, -0.15) is 0 Å². The van der Waals surface area contributed by atoms with Crippen molar-refractivity contribution in [3.8, 4) is 11.3 Å². The Labute approximate surface area is 151 Å². The number of ether oxygens (including phenoxy) is 1. The molecule has 7 heteroatoms. The van der Waals surface area contributed by atoms with Gasteiger partial charge in [-0.1, -0.05) is 12.8 Å². The van der Waals surface area contributed by atoms with Gasteiger partial charge in [-0.3, -0.25) is 10.3 Å². The summed E-state index contributed by atoms with van der Waals surface area (Å²) < 4.78 is 6.02. The zero-order chi connectivity index (χ0) is 17.1. The number of hydrogen-bond acceptors (Lipinski definition) is 5. The summed E-state index contributed by atoms with van der Waals surface area (Å²) in [5.74, 6) is 0. The first-order valence-corrected chi connectivity index (χ1v) is 9.68. The SMILES string of the molecule is O=C(Nc1nc(-c2cccnc2)cs1)NC1CCOC2(CCCC2)C1. The normalized spacial score (nSPS) is 22.0. The molecule has 1 spiro atoms. The van der Waals surface area contributed by atoms with Gasteiger partial charge in [0.25, 0.3) is 0 Å². The summed E-state index contributed by atoms with van der Waals surface area (Å²) in [5.41, 5.74) is 1.77. The number of thiazole rings is 1. The quantitative estimate of drug-likeness (QED) is 0.874. The third-order valence-corrected chi connectivity index (χ3v) is 5.78.